The molecule has 1 heterocycles. The minimum atomic E-state index is -4.67. The number of nitrogens with one attached hydrogen (secondary N) is 2. The molecule has 0 spiro atoms. The number of alkyl halides is 3. The molecule has 0 unspecified atom stereocenters. The van der Waals surface area contributed by atoms with Crippen molar-refractivity contribution in [1.82, 2.24) is 4.98 Å². The Morgan fingerprint density at radius 3 is 2.21 bits per heavy atom. The highest BCUT2D eigenvalue weighted by molar-refractivity contribution is 6.05. The van der Waals surface area contributed by atoms with Crippen LogP contribution in [0.2, 0.25) is 0 Å². The molecule has 0 fully saturated rings. The van der Waals surface area contributed by atoms with Crippen LogP contribution in [-0.2, 0) is 6.18 Å². The summed E-state index contributed by atoms with van der Waals surface area (Å²) in [6.45, 7) is 1.20. The first-order valence-electron chi connectivity index (χ1n) is 9.76. The molecule has 0 saturated carbocycles. The number of pyridine rings is 1. The van der Waals surface area contributed by atoms with Crippen molar-refractivity contribution in [3.05, 3.63) is 99.1 Å². The van der Waals surface area contributed by atoms with Gasteiger partial charge in [-0.2, -0.15) is 13.2 Å². The van der Waals surface area contributed by atoms with Gasteiger partial charge in [-0.25, -0.2) is 13.2 Å². The first-order valence-corrected chi connectivity index (χ1v) is 9.76. The van der Waals surface area contributed by atoms with Crippen LogP contribution in [-0.4, -0.2) is 10.9 Å². The lowest BCUT2D eigenvalue weighted by molar-refractivity contribution is -0.137. The predicted octanol–water partition coefficient (Wildman–Crippen LogP) is 6.19. The molecule has 10 heteroatoms. The Balaban J connectivity index is 1.71. The normalized spacial score (nSPS) is 11.6. The summed E-state index contributed by atoms with van der Waals surface area (Å²) in [6, 6.07) is 9.26. The van der Waals surface area contributed by atoms with E-state index in [1.165, 1.54) is 25.1 Å². The van der Waals surface area contributed by atoms with E-state index < -0.39 is 46.2 Å². The summed E-state index contributed by atoms with van der Waals surface area (Å²) < 4.78 is 81.6. The van der Waals surface area contributed by atoms with Crippen molar-refractivity contribution >= 4 is 22.5 Å². The molecule has 0 bridgehead atoms. The maximum Gasteiger partial charge on any atom is 0.416 e. The van der Waals surface area contributed by atoms with E-state index in [-0.39, 0.29) is 33.3 Å². The Labute approximate surface area is 187 Å². The summed E-state index contributed by atoms with van der Waals surface area (Å²) >= 11 is 0. The molecule has 3 aromatic carbocycles. The monoisotopic (exact) mass is 476 g/mol. The van der Waals surface area contributed by atoms with Gasteiger partial charge in [0.2, 0.25) is 0 Å². The topological polar surface area (TPSA) is 62.0 Å². The average molecular weight is 476 g/mol. The highest BCUT2D eigenvalue weighted by Crippen LogP contribution is 2.31. The fraction of sp³-hybridized carbons (Fsp3) is 0.0833. The number of anilines is 1. The van der Waals surface area contributed by atoms with Crippen LogP contribution in [0.25, 0.3) is 22.0 Å². The minimum absolute atomic E-state index is 0.0308. The van der Waals surface area contributed by atoms with E-state index in [0.717, 1.165) is 30.3 Å². The van der Waals surface area contributed by atoms with Gasteiger partial charge < -0.3 is 10.3 Å². The van der Waals surface area contributed by atoms with Crippen LogP contribution in [0.15, 0.2) is 59.4 Å². The van der Waals surface area contributed by atoms with E-state index in [0.29, 0.717) is 6.07 Å². The molecule has 174 valence electrons. The van der Waals surface area contributed by atoms with Crippen molar-refractivity contribution in [1.29, 1.82) is 0 Å². The molecule has 0 saturated heterocycles. The van der Waals surface area contributed by atoms with Gasteiger partial charge in [-0.3, -0.25) is 9.59 Å². The van der Waals surface area contributed by atoms with Gasteiger partial charge >= 0.3 is 6.18 Å². The maximum absolute atomic E-state index is 14.6. The summed E-state index contributed by atoms with van der Waals surface area (Å²) in [5.74, 6) is -3.98. The molecule has 4 aromatic rings. The Kier molecular flexibility index (Phi) is 5.68. The molecular formula is C24H14F6N2O2. The highest BCUT2D eigenvalue weighted by atomic mass is 19.4. The Morgan fingerprint density at radius 1 is 0.912 bits per heavy atom. The molecule has 0 atom stereocenters. The van der Waals surface area contributed by atoms with Crippen molar-refractivity contribution in [3.63, 3.8) is 0 Å². The Hall–Kier alpha value is -4.08. The van der Waals surface area contributed by atoms with Gasteiger partial charge in [0, 0.05) is 16.5 Å². The number of fused-ring (bicyclic) bond motifs is 1. The van der Waals surface area contributed by atoms with Crippen molar-refractivity contribution in [2.75, 3.05) is 5.32 Å². The standard InChI is InChI=1S/C24H14F6N2O2/c1-11-20(31-19-6-5-14(24(28,29)30)10-16(19)22(11)33)23(34)32-21-17(26)8-13(9-18(21)27)12-3-2-4-15(25)7-12/h2-10H,1H3,(H,31,33)(H,32,34). The summed E-state index contributed by atoms with van der Waals surface area (Å²) in [4.78, 5) is 27.9. The van der Waals surface area contributed by atoms with Crippen LogP contribution < -0.4 is 10.7 Å². The lowest BCUT2D eigenvalue weighted by Gasteiger charge is -2.13. The summed E-state index contributed by atoms with van der Waals surface area (Å²) in [5.41, 5.74) is -3.11. The fourth-order valence-electron chi connectivity index (χ4n) is 3.49. The van der Waals surface area contributed by atoms with Crippen LogP contribution in [0.4, 0.5) is 32.0 Å². The molecule has 1 amide bonds. The molecule has 1 aromatic heterocycles. The molecule has 0 aliphatic heterocycles. The second kappa shape index (κ2) is 8.36. The number of aromatic nitrogens is 1. The highest BCUT2D eigenvalue weighted by Gasteiger charge is 2.31. The number of amides is 1. The smallest absolute Gasteiger partial charge is 0.350 e. The van der Waals surface area contributed by atoms with Crippen LogP contribution in [0.5, 0.6) is 0 Å². The molecule has 0 aliphatic carbocycles. The molecule has 4 nitrogen and oxygen atoms in total. The zero-order chi connectivity index (χ0) is 24.8. The van der Waals surface area contributed by atoms with Gasteiger partial charge in [0.15, 0.2) is 5.43 Å². The second-order valence-electron chi connectivity index (χ2n) is 7.49. The van der Waals surface area contributed by atoms with Gasteiger partial charge in [-0.05, 0) is 60.5 Å². The van der Waals surface area contributed by atoms with Crippen molar-refractivity contribution < 1.29 is 31.1 Å². The largest absolute Gasteiger partial charge is 0.416 e. The van der Waals surface area contributed by atoms with E-state index in [4.69, 9.17) is 0 Å². The van der Waals surface area contributed by atoms with Gasteiger partial charge in [0.05, 0.1) is 5.56 Å². The summed E-state index contributed by atoms with van der Waals surface area (Å²) in [6.07, 6.45) is -4.67. The van der Waals surface area contributed by atoms with E-state index in [1.54, 1.807) is 0 Å². The number of H-pyrrole nitrogens is 1. The lowest BCUT2D eigenvalue weighted by atomic mass is 10.0. The van der Waals surface area contributed by atoms with Crippen molar-refractivity contribution in [3.8, 4) is 11.1 Å². The third-order valence-electron chi connectivity index (χ3n) is 5.23. The maximum atomic E-state index is 14.6. The summed E-state index contributed by atoms with van der Waals surface area (Å²) in [7, 11) is 0. The number of carbonyl (C=O) groups is 1. The Bertz CT molecular complexity index is 1490. The number of hydrogen-bond acceptors (Lipinski definition) is 2. The number of carbonyl (C=O) groups excluding carboxylic acids is 1. The van der Waals surface area contributed by atoms with Gasteiger partial charge in [0.1, 0.15) is 28.8 Å². The third-order valence-corrected chi connectivity index (χ3v) is 5.23. The first kappa shape index (κ1) is 23.1. The number of benzene rings is 3. The zero-order valence-electron chi connectivity index (χ0n) is 17.3. The minimum Gasteiger partial charge on any atom is -0.350 e. The number of rotatable bonds is 3. The number of halogens is 6. The SMILES string of the molecule is Cc1c(C(=O)Nc2c(F)cc(-c3cccc(F)c3)cc2F)[nH]c2ccc(C(F)(F)F)cc2c1=O. The van der Waals surface area contributed by atoms with E-state index in [1.807, 2.05) is 5.32 Å². The van der Waals surface area contributed by atoms with Crippen LogP contribution >= 0.6 is 0 Å². The first-order chi connectivity index (χ1) is 16.0. The quantitative estimate of drug-likeness (QED) is 0.347. The van der Waals surface area contributed by atoms with Crippen LogP contribution in [0.1, 0.15) is 21.6 Å². The molecule has 4 rings (SSSR count). The molecule has 0 aliphatic rings. The molecular weight excluding hydrogens is 462 g/mol. The van der Waals surface area contributed by atoms with Gasteiger partial charge in [0.25, 0.3) is 5.91 Å². The lowest BCUT2D eigenvalue weighted by Crippen LogP contribution is -2.22. The van der Waals surface area contributed by atoms with Gasteiger partial charge in [-0.15, -0.1) is 0 Å². The fourth-order valence-corrected chi connectivity index (χ4v) is 3.49. The molecule has 0 radical (unpaired) electrons. The van der Waals surface area contributed by atoms with Crippen molar-refractivity contribution in [2.45, 2.75) is 13.1 Å². The van der Waals surface area contributed by atoms with Crippen LogP contribution in [0.3, 0.4) is 0 Å². The predicted molar refractivity (Wildman–Crippen MR) is 114 cm³/mol. The van der Waals surface area contributed by atoms with Crippen molar-refractivity contribution in [2.24, 2.45) is 0 Å². The number of aromatic amines is 1. The van der Waals surface area contributed by atoms with Crippen LogP contribution in [0, 0.1) is 24.4 Å². The summed E-state index contributed by atoms with van der Waals surface area (Å²) in [5, 5.41) is 1.75. The molecule has 2 N–H and O–H groups in total. The average Bonchev–Trinajstić information content (AvgIpc) is 2.77. The molecule has 34 heavy (non-hydrogen) atoms. The second-order valence-corrected chi connectivity index (χ2v) is 7.49. The van der Waals surface area contributed by atoms with E-state index in [2.05, 4.69) is 4.98 Å². The Morgan fingerprint density at radius 2 is 1.59 bits per heavy atom. The zero-order valence-corrected chi connectivity index (χ0v) is 17.3. The number of hydrogen-bond donors (Lipinski definition) is 2. The van der Waals surface area contributed by atoms with Gasteiger partial charge in [-0.1, -0.05) is 12.1 Å². The van der Waals surface area contributed by atoms with E-state index >= 15 is 0 Å². The van der Waals surface area contributed by atoms with E-state index in [9.17, 15) is 35.9 Å². The third kappa shape index (κ3) is 4.26.